The predicted molar refractivity (Wildman–Crippen MR) is 66.4 cm³/mol. The van der Waals surface area contributed by atoms with Gasteiger partial charge in [0.05, 0.1) is 6.10 Å². The Hall–Kier alpha value is -0.860. The van der Waals surface area contributed by atoms with Gasteiger partial charge in [0.2, 0.25) is 0 Å². The topological polar surface area (TPSA) is 21.3 Å². The molecule has 1 N–H and O–H groups in total. The first-order chi connectivity index (χ1) is 7.92. The summed E-state index contributed by atoms with van der Waals surface area (Å²) in [6.45, 7) is 5.13. The summed E-state index contributed by atoms with van der Waals surface area (Å²) in [6, 6.07) is 10.6. The first-order valence-corrected chi connectivity index (χ1v) is 6.29. The summed E-state index contributed by atoms with van der Waals surface area (Å²) >= 11 is 0. The van der Waals surface area contributed by atoms with Crippen LogP contribution in [0.5, 0.6) is 0 Å². The van der Waals surface area contributed by atoms with Gasteiger partial charge < -0.3 is 10.1 Å². The zero-order valence-electron chi connectivity index (χ0n) is 9.99. The average molecular weight is 219 g/mol. The molecule has 0 bridgehead atoms. The number of hydrogen-bond donors (Lipinski definition) is 1. The van der Waals surface area contributed by atoms with Crippen LogP contribution in [0.15, 0.2) is 30.3 Å². The van der Waals surface area contributed by atoms with E-state index in [1.165, 1.54) is 18.4 Å². The van der Waals surface area contributed by atoms with Crippen LogP contribution in [0.4, 0.5) is 0 Å². The molecule has 0 amide bonds. The van der Waals surface area contributed by atoms with Gasteiger partial charge in [-0.25, -0.2) is 0 Å². The zero-order chi connectivity index (χ0) is 11.2. The van der Waals surface area contributed by atoms with E-state index in [-0.39, 0.29) is 6.10 Å². The molecule has 2 rings (SSSR count). The van der Waals surface area contributed by atoms with Crippen molar-refractivity contribution in [2.75, 3.05) is 19.7 Å². The molecule has 1 aromatic carbocycles. The van der Waals surface area contributed by atoms with Gasteiger partial charge in [0.15, 0.2) is 0 Å². The molecule has 0 aromatic heterocycles. The zero-order valence-corrected chi connectivity index (χ0v) is 9.99. The average Bonchev–Trinajstić information content (AvgIpc) is 2.38. The summed E-state index contributed by atoms with van der Waals surface area (Å²) in [5.41, 5.74) is 1.33. The fourth-order valence-corrected chi connectivity index (χ4v) is 2.47. The third-order valence-electron chi connectivity index (χ3n) is 3.29. The van der Waals surface area contributed by atoms with Crippen LogP contribution in [0, 0.1) is 5.92 Å². The number of piperidine rings is 1. The number of hydrogen-bond acceptors (Lipinski definition) is 2. The highest BCUT2D eigenvalue weighted by Crippen LogP contribution is 2.31. The molecule has 0 aliphatic carbocycles. The Labute approximate surface area is 98.0 Å². The van der Waals surface area contributed by atoms with Crippen molar-refractivity contribution in [2.24, 2.45) is 5.92 Å². The number of rotatable bonds is 4. The van der Waals surface area contributed by atoms with Crippen molar-refractivity contribution in [1.29, 1.82) is 0 Å². The fraction of sp³-hybridized carbons (Fsp3) is 0.571. The predicted octanol–water partition coefficient (Wildman–Crippen LogP) is 2.76. The maximum absolute atomic E-state index is 5.94. The van der Waals surface area contributed by atoms with Gasteiger partial charge in [0, 0.05) is 6.61 Å². The van der Waals surface area contributed by atoms with Crippen LogP contribution in [0.2, 0.25) is 0 Å². The second-order valence-corrected chi connectivity index (χ2v) is 4.37. The maximum atomic E-state index is 5.94. The minimum Gasteiger partial charge on any atom is -0.374 e. The molecule has 1 heterocycles. The second kappa shape index (κ2) is 6.02. The normalized spacial score (nSPS) is 19.6. The van der Waals surface area contributed by atoms with Crippen LogP contribution in [0.25, 0.3) is 0 Å². The Morgan fingerprint density at radius 2 is 1.94 bits per heavy atom. The van der Waals surface area contributed by atoms with Crippen LogP contribution in [-0.2, 0) is 4.74 Å². The van der Waals surface area contributed by atoms with Crippen molar-refractivity contribution in [2.45, 2.75) is 25.9 Å². The number of ether oxygens (including phenoxy) is 1. The van der Waals surface area contributed by atoms with Crippen LogP contribution >= 0.6 is 0 Å². The largest absolute Gasteiger partial charge is 0.374 e. The highest BCUT2D eigenvalue weighted by atomic mass is 16.5. The van der Waals surface area contributed by atoms with E-state index in [1.807, 2.05) is 0 Å². The molecule has 1 atom stereocenters. The number of benzene rings is 1. The molecule has 0 spiro atoms. The molecule has 0 unspecified atom stereocenters. The fourth-order valence-electron chi connectivity index (χ4n) is 2.47. The smallest absolute Gasteiger partial charge is 0.0853 e. The summed E-state index contributed by atoms with van der Waals surface area (Å²) in [6.07, 6.45) is 2.73. The summed E-state index contributed by atoms with van der Waals surface area (Å²) < 4.78 is 5.94. The van der Waals surface area contributed by atoms with Crippen molar-refractivity contribution in [1.82, 2.24) is 5.32 Å². The maximum Gasteiger partial charge on any atom is 0.0853 e. The van der Waals surface area contributed by atoms with Gasteiger partial charge in [-0.15, -0.1) is 0 Å². The van der Waals surface area contributed by atoms with E-state index >= 15 is 0 Å². The first kappa shape index (κ1) is 11.6. The van der Waals surface area contributed by atoms with Crippen LogP contribution in [0.1, 0.15) is 31.4 Å². The molecule has 0 radical (unpaired) electrons. The van der Waals surface area contributed by atoms with Crippen molar-refractivity contribution in [3.8, 4) is 0 Å². The lowest BCUT2D eigenvalue weighted by atomic mass is 9.88. The SMILES string of the molecule is CCO[C@@H](c1ccccc1)C1CCNCC1. The lowest BCUT2D eigenvalue weighted by Gasteiger charge is -2.30. The van der Waals surface area contributed by atoms with E-state index in [2.05, 4.69) is 42.6 Å². The van der Waals surface area contributed by atoms with Crippen molar-refractivity contribution in [3.05, 3.63) is 35.9 Å². The van der Waals surface area contributed by atoms with Crippen molar-refractivity contribution >= 4 is 0 Å². The van der Waals surface area contributed by atoms with Gasteiger partial charge in [-0.3, -0.25) is 0 Å². The Kier molecular flexibility index (Phi) is 4.37. The minimum atomic E-state index is 0.285. The van der Waals surface area contributed by atoms with E-state index in [0.29, 0.717) is 5.92 Å². The third-order valence-corrected chi connectivity index (χ3v) is 3.29. The van der Waals surface area contributed by atoms with Crippen LogP contribution < -0.4 is 5.32 Å². The molecule has 1 saturated heterocycles. The molecule has 0 saturated carbocycles. The Balaban J connectivity index is 2.09. The van der Waals surface area contributed by atoms with Crippen molar-refractivity contribution < 1.29 is 4.74 Å². The van der Waals surface area contributed by atoms with E-state index in [0.717, 1.165) is 19.7 Å². The van der Waals surface area contributed by atoms with Gasteiger partial charge in [-0.2, -0.15) is 0 Å². The van der Waals surface area contributed by atoms with E-state index < -0.39 is 0 Å². The minimum absolute atomic E-state index is 0.285. The lowest BCUT2D eigenvalue weighted by molar-refractivity contribution is 0.00798. The molecule has 1 aliphatic heterocycles. The van der Waals surface area contributed by atoms with Gasteiger partial charge in [0.25, 0.3) is 0 Å². The standard InChI is InChI=1S/C14H21NO/c1-2-16-14(12-6-4-3-5-7-12)13-8-10-15-11-9-13/h3-7,13-15H,2,8-11H2,1H3/t14-/m0/s1. The first-order valence-electron chi connectivity index (χ1n) is 6.29. The van der Waals surface area contributed by atoms with Gasteiger partial charge >= 0.3 is 0 Å². The summed E-state index contributed by atoms with van der Waals surface area (Å²) in [5, 5.41) is 3.41. The quantitative estimate of drug-likeness (QED) is 0.840. The van der Waals surface area contributed by atoms with Crippen LogP contribution in [0.3, 0.4) is 0 Å². The Morgan fingerprint density at radius 1 is 1.25 bits per heavy atom. The molecule has 1 aliphatic rings. The van der Waals surface area contributed by atoms with E-state index in [4.69, 9.17) is 4.74 Å². The lowest BCUT2D eigenvalue weighted by Crippen LogP contribution is -2.31. The van der Waals surface area contributed by atoms with Crippen LogP contribution in [-0.4, -0.2) is 19.7 Å². The Morgan fingerprint density at radius 3 is 2.56 bits per heavy atom. The highest BCUT2D eigenvalue weighted by Gasteiger charge is 2.24. The molecular formula is C14H21NO. The van der Waals surface area contributed by atoms with E-state index in [1.54, 1.807) is 0 Å². The second-order valence-electron chi connectivity index (χ2n) is 4.37. The van der Waals surface area contributed by atoms with Gasteiger partial charge in [0.1, 0.15) is 0 Å². The third kappa shape index (κ3) is 2.83. The summed E-state index contributed by atoms with van der Waals surface area (Å²) in [4.78, 5) is 0. The van der Waals surface area contributed by atoms with E-state index in [9.17, 15) is 0 Å². The Bertz CT molecular complexity index is 293. The highest BCUT2D eigenvalue weighted by molar-refractivity contribution is 5.18. The molecule has 2 nitrogen and oxygen atoms in total. The molecular weight excluding hydrogens is 198 g/mol. The molecule has 16 heavy (non-hydrogen) atoms. The summed E-state index contributed by atoms with van der Waals surface area (Å²) in [7, 11) is 0. The molecule has 1 fully saturated rings. The monoisotopic (exact) mass is 219 g/mol. The number of nitrogens with one attached hydrogen (secondary N) is 1. The molecule has 2 heteroatoms. The summed E-state index contributed by atoms with van der Waals surface area (Å²) in [5.74, 6) is 0.670. The molecule has 88 valence electrons. The van der Waals surface area contributed by atoms with Gasteiger partial charge in [-0.05, 0) is 44.3 Å². The molecule has 1 aromatic rings. The van der Waals surface area contributed by atoms with Crippen molar-refractivity contribution in [3.63, 3.8) is 0 Å². The van der Waals surface area contributed by atoms with Gasteiger partial charge in [-0.1, -0.05) is 30.3 Å².